The molecule has 0 fully saturated rings. The molecule has 0 saturated carbocycles. The Morgan fingerprint density at radius 1 is 1.19 bits per heavy atom. The van der Waals surface area contributed by atoms with Gasteiger partial charge in [-0.05, 0) is 36.8 Å². The summed E-state index contributed by atoms with van der Waals surface area (Å²) >= 11 is 6.34. The maximum Gasteiger partial charge on any atom is 0.288 e. The number of benzene rings is 2. The van der Waals surface area contributed by atoms with Gasteiger partial charge in [0.15, 0.2) is 0 Å². The highest BCUT2D eigenvalue weighted by molar-refractivity contribution is 7.99. The van der Waals surface area contributed by atoms with Gasteiger partial charge in [-0.3, -0.25) is 4.79 Å². The Balaban J connectivity index is 2.27. The average molecular weight is 328 g/mol. The Morgan fingerprint density at radius 3 is 2.62 bits per heavy atom. The zero-order valence-electron chi connectivity index (χ0n) is 11.1. The van der Waals surface area contributed by atoms with Crippen LogP contribution in [0.4, 0.5) is 14.5 Å². The van der Waals surface area contributed by atoms with Crippen LogP contribution in [0.15, 0.2) is 47.4 Å². The fraction of sp³-hybridized carbons (Fsp3) is 0.133. The van der Waals surface area contributed by atoms with E-state index >= 15 is 0 Å². The lowest BCUT2D eigenvalue weighted by Crippen LogP contribution is -2.14. The minimum absolute atomic E-state index is 0.210. The normalized spacial score (nSPS) is 10.7. The summed E-state index contributed by atoms with van der Waals surface area (Å²) in [5, 5.41) is 3.23. The van der Waals surface area contributed by atoms with E-state index in [4.69, 9.17) is 11.6 Å². The number of carbonyl (C=O) groups excluding carboxylic acids is 1. The van der Waals surface area contributed by atoms with E-state index in [1.165, 1.54) is 12.1 Å². The predicted octanol–water partition coefficient (Wildman–Crippen LogP) is 5.22. The van der Waals surface area contributed by atoms with Gasteiger partial charge in [0.1, 0.15) is 0 Å². The van der Waals surface area contributed by atoms with E-state index in [0.29, 0.717) is 22.5 Å². The van der Waals surface area contributed by atoms with Crippen LogP contribution in [0.1, 0.15) is 15.9 Å². The second-order valence-electron chi connectivity index (χ2n) is 4.24. The topological polar surface area (TPSA) is 29.1 Å². The van der Waals surface area contributed by atoms with Crippen molar-refractivity contribution in [2.45, 2.75) is 17.6 Å². The van der Waals surface area contributed by atoms with E-state index < -0.39 is 11.7 Å². The maximum absolute atomic E-state index is 12.5. The third kappa shape index (κ3) is 3.95. The van der Waals surface area contributed by atoms with Crippen molar-refractivity contribution < 1.29 is 13.6 Å². The van der Waals surface area contributed by atoms with Gasteiger partial charge in [-0.2, -0.15) is 8.78 Å². The number of hydrogen-bond donors (Lipinski definition) is 1. The van der Waals surface area contributed by atoms with Gasteiger partial charge < -0.3 is 5.32 Å². The molecule has 2 aromatic carbocycles. The lowest BCUT2D eigenvalue weighted by atomic mass is 10.1. The first-order valence-corrected chi connectivity index (χ1v) is 7.35. The average Bonchev–Trinajstić information content (AvgIpc) is 2.44. The molecule has 0 aliphatic carbocycles. The fourth-order valence-electron chi connectivity index (χ4n) is 1.79. The molecule has 0 aliphatic heterocycles. The van der Waals surface area contributed by atoms with Gasteiger partial charge in [0.2, 0.25) is 0 Å². The van der Waals surface area contributed by atoms with Gasteiger partial charge in [0.05, 0.1) is 5.56 Å². The fourth-order valence-corrected chi connectivity index (χ4v) is 2.60. The van der Waals surface area contributed by atoms with E-state index in [9.17, 15) is 13.6 Å². The molecular weight excluding hydrogens is 316 g/mol. The molecule has 0 saturated heterocycles. The molecule has 2 aromatic rings. The summed E-state index contributed by atoms with van der Waals surface area (Å²) < 4.78 is 25.0. The Morgan fingerprint density at radius 2 is 1.90 bits per heavy atom. The molecule has 0 radical (unpaired) electrons. The van der Waals surface area contributed by atoms with Crippen LogP contribution in [0, 0.1) is 6.92 Å². The molecule has 0 spiro atoms. The van der Waals surface area contributed by atoms with Gasteiger partial charge in [-0.1, -0.05) is 41.6 Å². The Labute approximate surface area is 130 Å². The molecule has 21 heavy (non-hydrogen) atoms. The van der Waals surface area contributed by atoms with Crippen LogP contribution in [-0.2, 0) is 0 Å². The third-order valence-corrected chi connectivity index (χ3v) is 4.06. The lowest BCUT2D eigenvalue weighted by Gasteiger charge is -2.12. The summed E-state index contributed by atoms with van der Waals surface area (Å²) in [6, 6.07) is 11.4. The largest absolute Gasteiger partial charge is 0.322 e. The van der Waals surface area contributed by atoms with Crippen molar-refractivity contribution in [2.75, 3.05) is 5.32 Å². The van der Waals surface area contributed by atoms with Gasteiger partial charge >= 0.3 is 0 Å². The summed E-state index contributed by atoms with van der Waals surface area (Å²) in [4.78, 5) is 12.5. The molecule has 0 atom stereocenters. The van der Waals surface area contributed by atoms with Crippen molar-refractivity contribution in [1.29, 1.82) is 0 Å². The first-order valence-electron chi connectivity index (χ1n) is 6.09. The second kappa shape index (κ2) is 6.91. The van der Waals surface area contributed by atoms with E-state index in [0.717, 1.165) is 5.56 Å². The number of hydrogen-bond acceptors (Lipinski definition) is 2. The number of halogens is 3. The number of alkyl halides is 2. The predicted molar refractivity (Wildman–Crippen MR) is 82.4 cm³/mol. The Kier molecular flexibility index (Phi) is 5.20. The van der Waals surface area contributed by atoms with E-state index in [-0.39, 0.29) is 10.5 Å². The van der Waals surface area contributed by atoms with Crippen molar-refractivity contribution >= 4 is 35.0 Å². The van der Waals surface area contributed by atoms with Gasteiger partial charge in [-0.15, -0.1) is 0 Å². The zero-order valence-corrected chi connectivity index (χ0v) is 12.6. The van der Waals surface area contributed by atoms with Crippen LogP contribution in [0.25, 0.3) is 0 Å². The summed E-state index contributed by atoms with van der Waals surface area (Å²) in [7, 11) is 0. The summed E-state index contributed by atoms with van der Waals surface area (Å²) in [5.41, 5.74) is 1.50. The number of nitrogens with one attached hydrogen (secondary N) is 1. The SMILES string of the molecule is Cc1c(Cl)cccc1NC(=O)c1ccccc1SC(F)F. The minimum atomic E-state index is -2.58. The standard InChI is InChI=1S/C15H12ClF2NOS/c1-9-11(16)6-4-7-12(9)19-14(20)10-5-2-3-8-13(10)21-15(17)18/h2-8,15H,1H3,(H,19,20). The van der Waals surface area contributed by atoms with Crippen molar-refractivity contribution in [3.8, 4) is 0 Å². The zero-order chi connectivity index (χ0) is 15.4. The first-order chi connectivity index (χ1) is 9.99. The highest BCUT2D eigenvalue weighted by Gasteiger charge is 2.16. The van der Waals surface area contributed by atoms with Crippen LogP contribution in [0.2, 0.25) is 5.02 Å². The molecule has 2 rings (SSSR count). The first kappa shape index (κ1) is 15.8. The molecule has 0 aromatic heterocycles. The van der Waals surface area contributed by atoms with Crippen LogP contribution >= 0.6 is 23.4 Å². The molecular formula is C15H12ClF2NOS. The smallest absolute Gasteiger partial charge is 0.288 e. The third-order valence-electron chi connectivity index (χ3n) is 2.86. The molecule has 1 N–H and O–H groups in total. The Bertz CT molecular complexity index is 664. The molecule has 0 aliphatic rings. The van der Waals surface area contributed by atoms with Gasteiger partial charge in [-0.25, -0.2) is 0 Å². The van der Waals surface area contributed by atoms with Gasteiger partial charge in [0.25, 0.3) is 11.7 Å². The lowest BCUT2D eigenvalue weighted by molar-refractivity contribution is 0.102. The van der Waals surface area contributed by atoms with Crippen molar-refractivity contribution in [3.63, 3.8) is 0 Å². The van der Waals surface area contributed by atoms with Gasteiger partial charge in [0, 0.05) is 15.6 Å². The number of rotatable bonds is 4. The van der Waals surface area contributed by atoms with Crippen molar-refractivity contribution in [2.24, 2.45) is 0 Å². The number of amides is 1. The van der Waals surface area contributed by atoms with Crippen LogP contribution in [0.5, 0.6) is 0 Å². The molecule has 0 bridgehead atoms. The monoisotopic (exact) mass is 327 g/mol. The second-order valence-corrected chi connectivity index (χ2v) is 5.68. The quantitative estimate of drug-likeness (QED) is 0.780. The molecule has 0 heterocycles. The van der Waals surface area contributed by atoms with Crippen LogP contribution in [-0.4, -0.2) is 11.7 Å². The number of carbonyl (C=O) groups is 1. The molecule has 0 unspecified atom stereocenters. The van der Waals surface area contributed by atoms with E-state index in [1.54, 1.807) is 37.3 Å². The minimum Gasteiger partial charge on any atom is -0.322 e. The molecule has 1 amide bonds. The molecule has 110 valence electrons. The summed E-state index contributed by atoms with van der Waals surface area (Å²) in [6.45, 7) is 1.78. The van der Waals surface area contributed by atoms with Crippen molar-refractivity contribution in [3.05, 3.63) is 58.6 Å². The van der Waals surface area contributed by atoms with E-state index in [1.807, 2.05) is 0 Å². The molecule has 6 heteroatoms. The number of anilines is 1. The summed E-state index contributed by atoms with van der Waals surface area (Å²) in [5.74, 6) is -3.02. The van der Waals surface area contributed by atoms with Crippen LogP contribution < -0.4 is 5.32 Å². The summed E-state index contributed by atoms with van der Waals surface area (Å²) in [6.07, 6.45) is 0. The highest BCUT2D eigenvalue weighted by atomic mass is 35.5. The highest BCUT2D eigenvalue weighted by Crippen LogP contribution is 2.29. The molecule has 2 nitrogen and oxygen atoms in total. The van der Waals surface area contributed by atoms with E-state index in [2.05, 4.69) is 5.32 Å². The van der Waals surface area contributed by atoms with Crippen LogP contribution in [0.3, 0.4) is 0 Å². The maximum atomic E-state index is 12.5. The Hall–Kier alpha value is -1.59. The number of thioether (sulfide) groups is 1. The van der Waals surface area contributed by atoms with Crippen molar-refractivity contribution in [1.82, 2.24) is 0 Å².